The van der Waals surface area contributed by atoms with Gasteiger partial charge in [0.25, 0.3) is 0 Å². The van der Waals surface area contributed by atoms with Crippen molar-refractivity contribution in [1.82, 2.24) is 4.90 Å². The van der Waals surface area contributed by atoms with Gasteiger partial charge in [-0.1, -0.05) is 6.08 Å². The molecule has 1 fully saturated rings. The average molecular weight is 125 g/mol. The van der Waals surface area contributed by atoms with Gasteiger partial charge < -0.3 is 4.90 Å². The summed E-state index contributed by atoms with van der Waals surface area (Å²) >= 11 is 0. The van der Waals surface area contributed by atoms with Crippen molar-refractivity contribution in [2.75, 3.05) is 7.05 Å². The summed E-state index contributed by atoms with van der Waals surface area (Å²) < 4.78 is 0. The lowest BCUT2D eigenvalue weighted by molar-refractivity contribution is -0.125. The molecule has 0 aliphatic carbocycles. The Morgan fingerprint density at radius 3 is 2.44 bits per heavy atom. The molecule has 0 aromatic rings. The van der Waals surface area contributed by atoms with Gasteiger partial charge in [0, 0.05) is 19.2 Å². The molecule has 1 aliphatic heterocycles. The smallest absolute Gasteiger partial charge is 0.226 e. The molecule has 0 bridgehead atoms. The number of hydrogen-bond acceptors (Lipinski definition) is 1. The first-order valence-electron chi connectivity index (χ1n) is 3.17. The van der Waals surface area contributed by atoms with Crippen LogP contribution in [-0.2, 0) is 4.79 Å². The molecule has 1 amide bonds. The van der Waals surface area contributed by atoms with Crippen LogP contribution in [0.25, 0.3) is 0 Å². The van der Waals surface area contributed by atoms with Crippen LogP contribution in [0.1, 0.15) is 19.8 Å². The van der Waals surface area contributed by atoms with Crippen molar-refractivity contribution >= 4 is 5.91 Å². The summed E-state index contributed by atoms with van der Waals surface area (Å²) in [5, 5.41) is 0. The van der Waals surface area contributed by atoms with E-state index in [0.717, 1.165) is 12.1 Å². The molecule has 0 N–H and O–H groups in total. The molecule has 0 spiro atoms. The fourth-order valence-electron chi connectivity index (χ4n) is 1.07. The first-order valence-corrected chi connectivity index (χ1v) is 3.17. The zero-order chi connectivity index (χ0) is 6.85. The van der Waals surface area contributed by atoms with Crippen LogP contribution in [0, 0.1) is 0 Å². The number of hydrogen-bond donors (Lipinski definition) is 0. The molecule has 0 saturated carbocycles. The van der Waals surface area contributed by atoms with Gasteiger partial charge in [0.15, 0.2) is 0 Å². The molecule has 0 aromatic heterocycles. The summed E-state index contributed by atoms with van der Waals surface area (Å²) in [6.07, 6.45) is 3.60. The average Bonchev–Trinajstić information content (AvgIpc) is 2.15. The number of amides is 1. The molecule has 9 heavy (non-hydrogen) atoms. The molecule has 2 heteroatoms. The largest absolute Gasteiger partial charge is 0.320 e. The van der Waals surface area contributed by atoms with Gasteiger partial charge in [-0.15, -0.1) is 0 Å². The number of allylic oxidation sites excluding steroid dienone is 2. The molecular weight excluding hydrogens is 114 g/mol. The van der Waals surface area contributed by atoms with Gasteiger partial charge in [-0.2, -0.15) is 0 Å². The molecular formula is C7H11NO. The van der Waals surface area contributed by atoms with Crippen LogP contribution in [0.2, 0.25) is 0 Å². The highest BCUT2D eigenvalue weighted by Gasteiger charge is 2.19. The zero-order valence-electron chi connectivity index (χ0n) is 5.85. The number of nitrogens with zero attached hydrogens (tertiary/aromatic N) is 1. The van der Waals surface area contributed by atoms with Crippen LogP contribution < -0.4 is 0 Å². The quantitative estimate of drug-likeness (QED) is 0.475. The summed E-state index contributed by atoms with van der Waals surface area (Å²) in [4.78, 5) is 12.6. The number of carbonyl (C=O) groups is 1. The minimum atomic E-state index is 0.239. The van der Waals surface area contributed by atoms with Crippen LogP contribution in [0.15, 0.2) is 11.8 Å². The Balaban J connectivity index is 2.73. The van der Waals surface area contributed by atoms with Crippen molar-refractivity contribution < 1.29 is 4.79 Å². The fraction of sp³-hybridized carbons (Fsp3) is 0.571. The van der Waals surface area contributed by atoms with Gasteiger partial charge in [-0.05, 0) is 13.3 Å². The highest BCUT2D eigenvalue weighted by molar-refractivity contribution is 5.80. The Bertz CT molecular complexity index is 160. The predicted molar refractivity (Wildman–Crippen MR) is 35.8 cm³/mol. The molecule has 0 aromatic carbocycles. The first-order chi connectivity index (χ1) is 4.25. The molecule has 1 rings (SSSR count). The summed E-state index contributed by atoms with van der Waals surface area (Å²) in [5.74, 6) is 0.239. The van der Waals surface area contributed by atoms with Crippen LogP contribution in [-0.4, -0.2) is 17.9 Å². The molecule has 0 unspecified atom stereocenters. The first kappa shape index (κ1) is 6.33. The second-order valence-electron chi connectivity index (χ2n) is 2.23. The topological polar surface area (TPSA) is 20.3 Å². The summed E-state index contributed by atoms with van der Waals surface area (Å²) in [7, 11) is 1.82. The standard InChI is InChI=1S/C7H11NO/c1-3-6-4-5-7(9)8(6)2/h3H,4-5H2,1-2H3/b6-3+. The van der Waals surface area contributed by atoms with Crippen LogP contribution in [0.5, 0.6) is 0 Å². The molecule has 1 saturated heterocycles. The van der Waals surface area contributed by atoms with Crippen LogP contribution in [0.3, 0.4) is 0 Å². The molecule has 1 aliphatic rings. The van der Waals surface area contributed by atoms with Gasteiger partial charge in [-0.3, -0.25) is 4.79 Å². The maximum absolute atomic E-state index is 10.8. The molecule has 2 nitrogen and oxygen atoms in total. The van der Waals surface area contributed by atoms with E-state index in [0.29, 0.717) is 6.42 Å². The monoisotopic (exact) mass is 125 g/mol. The van der Waals surface area contributed by atoms with Crippen LogP contribution >= 0.6 is 0 Å². The normalized spacial score (nSPS) is 24.0. The number of likely N-dealkylation sites (tertiary alicyclic amines) is 1. The molecule has 50 valence electrons. The van der Waals surface area contributed by atoms with E-state index >= 15 is 0 Å². The van der Waals surface area contributed by atoms with E-state index in [-0.39, 0.29) is 5.91 Å². The minimum Gasteiger partial charge on any atom is -0.320 e. The lowest BCUT2D eigenvalue weighted by Gasteiger charge is -2.08. The van der Waals surface area contributed by atoms with Gasteiger partial charge in [0.1, 0.15) is 0 Å². The third-order valence-electron chi connectivity index (χ3n) is 1.73. The Morgan fingerprint density at radius 1 is 1.56 bits per heavy atom. The van der Waals surface area contributed by atoms with Crippen molar-refractivity contribution in [1.29, 1.82) is 0 Å². The van der Waals surface area contributed by atoms with E-state index in [2.05, 4.69) is 0 Å². The van der Waals surface area contributed by atoms with E-state index in [1.54, 1.807) is 4.90 Å². The van der Waals surface area contributed by atoms with Gasteiger partial charge in [0.2, 0.25) is 5.91 Å². The van der Waals surface area contributed by atoms with Crippen molar-refractivity contribution in [2.45, 2.75) is 19.8 Å². The molecule has 1 heterocycles. The van der Waals surface area contributed by atoms with E-state index in [9.17, 15) is 4.79 Å². The van der Waals surface area contributed by atoms with E-state index in [4.69, 9.17) is 0 Å². The Kier molecular flexibility index (Phi) is 1.56. The summed E-state index contributed by atoms with van der Waals surface area (Å²) in [6.45, 7) is 1.96. The van der Waals surface area contributed by atoms with Gasteiger partial charge >= 0.3 is 0 Å². The van der Waals surface area contributed by atoms with Crippen molar-refractivity contribution in [3.63, 3.8) is 0 Å². The summed E-state index contributed by atoms with van der Waals surface area (Å²) in [6, 6.07) is 0. The zero-order valence-corrected chi connectivity index (χ0v) is 5.85. The summed E-state index contributed by atoms with van der Waals surface area (Å²) in [5.41, 5.74) is 1.15. The highest BCUT2D eigenvalue weighted by Crippen LogP contribution is 2.18. The maximum atomic E-state index is 10.8. The second-order valence-corrected chi connectivity index (χ2v) is 2.23. The predicted octanol–water partition coefficient (Wildman–Crippen LogP) is 1.14. The number of carbonyl (C=O) groups excluding carboxylic acids is 1. The third-order valence-corrected chi connectivity index (χ3v) is 1.73. The van der Waals surface area contributed by atoms with Gasteiger partial charge in [0.05, 0.1) is 0 Å². The number of rotatable bonds is 0. The van der Waals surface area contributed by atoms with Crippen molar-refractivity contribution in [3.05, 3.63) is 11.8 Å². The lowest BCUT2D eigenvalue weighted by atomic mass is 10.3. The highest BCUT2D eigenvalue weighted by atomic mass is 16.2. The van der Waals surface area contributed by atoms with E-state index in [1.807, 2.05) is 20.0 Å². The Morgan fingerprint density at radius 2 is 2.22 bits per heavy atom. The lowest BCUT2D eigenvalue weighted by Crippen LogP contribution is -2.16. The minimum absolute atomic E-state index is 0.239. The Hall–Kier alpha value is -0.790. The van der Waals surface area contributed by atoms with E-state index < -0.39 is 0 Å². The third kappa shape index (κ3) is 0.969. The van der Waals surface area contributed by atoms with Crippen molar-refractivity contribution in [2.24, 2.45) is 0 Å². The SMILES string of the molecule is C/C=C1\CCC(=O)N1C. The van der Waals surface area contributed by atoms with Crippen LogP contribution in [0.4, 0.5) is 0 Å². The second kappa shape index (κ2) is 2.21. The van der Waals surface area contributed by atoms with Crippen molar-refractivity contribution in [3.8, 4) is 0 Å². The van der Waals surface area contributed by atoms with E-state index in [1.165, 1.54) is 0 Å². The fourth-order valence-corrected chi connectivity index (χ4v) is 1.07. The molecule has 0 atom stereocenters. The Labute approximate surface area is 55.2 Å². The molecule has 0 radical (unpaired) electrons. The van der Waals surface area contributed by atoms with Gasteiger partial charge in [-0.25, -0.2) is 0 Å². The maximum Gasteiger partial charge on any atom is 0.226 e.